The first-order chi connectivity index (χ1) is 13.6. The monoisotopic (exact) mass is 373 g/mol. The van der Waals surface area contributed by atoms with Gasteiger partial charge in [0.15, 0.2) is 0 Å². The van der Waals surface area contributed by atoms with Crippen LogP contribution in [0.3, 0.4) is 0 Å². The van der Waals surface area contributed by atoms with Gasteiger partial charge in [0.25, 0.3) is 0 Å². The highest BCUT2D eigenvalue weighted by atomic mass is 16.1. The van der Waals surface area contributed by atoms with Crippen LogP contribution < -0.4 is 15.5 Å². The molecule has 1 aliphatic heterocycles. The van der Waals surface area contributed by atoms with E-state index in [2.05, 4.69) is 44.8 Å². The van der Waals surface area contributed by atoms with Crippen molar-refractivity contribution in [3.63, 3.8) is 0 Å². The molecule has 0 saturated heterocycles. The molecular weight excluding hydrogens is 350 g/mol. The fourth-order valence-corrected chi connectivity index (χ4v) is 3.41. The lowest BCUT2D eigenvalue weighted by molar-refractivity contribution is -0.114. The van der Waals surface area contributed by atoms with Crippen LogP contribution in [0.1, 0.15) is 23.7 Å². The molecule has 0 spiro atoms. The zero-order valence-corrected chi connectivity index (χ0v) is 16.1. The maximum absolute atomic E-state index is 11.1. The Morgan fingerprint density at radius 2 is 1.71 bits per heavy atom. The molecule has 0 radical (unpaired) electrons. The van der Waals surface area contributed by atoms with Crippen LogP contribution in [-0.4, -0.2) is 22.4 Å². The third-order valence-electron chi connectivity index (χ3n) is 4.73. The zero-order chi connectivity index (χ0) is 19.5. The number of nitrogens with one attached hydrogen (secondary N) is 2. The zero-order valence-electron chi connectivity index (χ0n) is 16.1. The summed E-state index contributed by atoms with van der Waals surface area (Å²) in [5, 5.41) is 6.10. The number of rotatable bonds is 4. The fraction of sp³-hybridized carbons (Fsp3) is 0.227. The van der Waals surface area contributed by atoms with Gasteiger partial charge in [0.2, 0.25) is 11.9 Å². The number of amides is 1. The van der Waals surface area contributed by atoms with Crippen molar-refractivity contribution >= 4 is 29.0 Å². The molecule has 4 rings (SSSR count). The number of anilines is 4. The van der Waals surface area contributed by atoms with Crippen LogP contribution in [0.15, 0.2) is 54.6 Å². The summed E-state index contributed by atoms with van der Waals surface area (Å²) in [6.45, 7) is 5.21. The molecule has 2 N–H and O–H groups in total. The van der Waals surface area contributed by atoms with Crippen LogP contribution in [0.5, 0.6) is 0 Å². The molecule has 0 unspecified atom stereocenters. The molecule has 28 heavy (non-hydrogen) atoms. The Bertz CT molecular complexity index is 1000. The minimum atomic E-state index is -0.0834. The first-order valence-corrected chi connectivity index (χ1v) is 9.39. The van der Waals surface area contributed by atoms with Gasteiger partial charge in [-0.2, -0.15) is 4.98 Å². The van der Waals surface area contributed by atoms with E-state index in [9.17, 15) is 4.79 Å². The van der Waals surface area contributed by atoms with E-state index < -0.39 is 0 Å². The number of benzene rings is 2. The van der Waals surface area contributed by atoms with Crippen molar-refractivity contribution in [2.45, 2.75) is 26.8 Å². The number of aromatic nitrogens is 2. The third-order valence-corrected chi connectivity index (χ3v) is 4.73. The molecule has 1 aromatic heterocycles. The minimum Gasteiger partial charge on any atom is -0.340 e. The molecule has 3 aromatic rings. The lowest BCUT2D eigenvalue weighted by Crippen LogP contribution is -2.32. The van der Waals surface area contributed by atoms with Crippen molar-refractivity contribution in [1.29, 1.82) is 0 Å². The maximum atomic E-state index is 11.1. The summed E-state index contributed by atoms with van der Waals surface area (Å²) in [4.78, 5) is 22.7. The smallest absolute Gasteiger partial charge is 0.227 e. The largest absolute Gasteiger partial charge is 0.340 e. The predicted octanol–water partition coefficient (Wildman–Crippen LogP) is 4.05. The molecule has 0 fully saturated rings. The summed E-state index contributed by atoms with van der Waals surface area (Å²) >= 11 is 0. The molecule has 0 aliphatic carbocycles. The number of fused-ring (bicyclic) bond motifs is 1. The maximum Gasteiger partial charge on any atom is 0.227 e. The van der Waals surface area contributed by atoms with E-state index in [-0.39, 0.29) is 5.91 Å². The Hall–Kier alpha value is -3.41. The van der Waals surface area contributed by atoms with E-state index in [1.807, 2.05) is 37.3 Å². The quantitative estimate of drug-likeness (QED) is 0.722. The van der Waals surface area contributed by atoms with E-state index in [0.717, 1.165) is 48.3 Å². The van der Waals surface area contributed by atoms with Gasteiger partial charge < -0.3 is 15.5 Å². The second-order valence-electron chi connectivity index (χ2n) is 7.02. The Labute approximate surface area is 164 Å². The molecule has 0 atom stereocenters. The fourth-order valence-electron chi connectivity index (χ4n) is 3.41. The van der Waals surface area contributed by atoms with E-state index >= 15 is 0 Å². The average Bonchev–Trinajstić information content (AvgIpc) is 2.68. The van der Waals surface area contributed by atoms with Gasteiger partial charge in [0, 0.05) is 43.1 Å². The summed E-state index contributed by atoms with van der Waals surface area (Å²) in [5.41, 5.74) is 5.33. The van der Waals surface area contributed by atoms with Crippen LogP contribution in [0.4, 0.5) is 23.1 Å². The summed E-state index contributed by atoms with van der Waals surface area (Å²) in [5.74, 6) is 1.42. The Morgan fingerprint density at radius 1 is 1.00 bits per heavy atom. The normalized spacial score (nSPS) is 13.0. The van der Waals surface area contributed by atoms with E-state index in [4.69, 9.17) is 4.98 Å². The van der Waals surface area contributed by atoms with Gasteiger partial charge in [0.05, 0.1) is 0 Å². The summed E-state index contributed by atoms with van der Waals surface area (Å²) < 4.78 is 0. The SMILES string of the molecule is CC(=O)Nc1ccc(Nc2cc(C)nc(N3CCc4ccccc4C3)n2)cc1. The van der Waals surface area contributed by atoms with Gasteiger partial charge >= 0.3 is 0 Å². The van der Waals surface area contributed by atoms with E-state index in [1.54, 1.807) is 0 Å². The van der Waals surface area contributed by atoms with Gasteiger partial charge in [-0.1, -0.05) is 24.3 Å². The number of hydrogen-bond acceptors (Lipinski definition) is 5. The predicted molar refractivity (Wildman–Crippen MR) is 112 cm³/mol. The minimum absolute atomic E-state index is 0.0834. The number of nitrogens with zero attached hydrogens (tertiary/aromatic N) is 3. The lowest BCUT2D eigenvalue weighted by Gasteiger charge is -2.29. The van der Waals surface area contributed by atoms with E-state index in [0.29, 0.717) is 0 Å². The highest BCUT2D eigenvalue weighted by molar-refractivity contribution is 5.88. The second-order valence-corrected chi connectivity index (χ2v) is 7.02. The molecule has 142 valence electrons. The van der Waals surface area contributed by atoms with Crippen LogP contribution in [0, 0.1) is 6.92 Å². The van der Waals surface area contributed by atoms with Gasteiger partial charge in [-0.05, 0) is 48.7 Å². The van der Waals surface area contributed by atoms with Crippen LogP contribution >= 0.6 is 0 Å². The van der Waals surface area contributed by atoms with E-state index in [1.165, 1.54) is 18.1 Å². The standard InChI is InChI=1S/C22H23N5O/c1-15-13-21(25-20-9-7-19(8-10-20)24-16(2)28)26-22(23-15)27-12-11-17-5-3-4-6-18(17)14-27/h3-10,13H,11-12,14H2,1-2H3,(H,24,28)(H,23,25,26). The molecule has 1 amide bonds. The van der Waals surface area contributed by atoms with Crippen molar-refractivity contribution < 1.29 is 4.79 Å². The van der Waals surface area contributed by atoms with Crippen molar-refractivity contribution in [2.75, 3.05) is 22.1 Å². The first kappa shape index (κ1) is 18.0. The molecule has 2 heterocycles. The van der Waals surface area contributed by atoms with Gasteiger partial charge in [-0.3, -0.25) is 4.79 Å². The molecule has 0 saturated carbocycles. The van der Waals surface area contributed by atoms with Gasteiger partial charge in [-0.15, -0.1) is 0 Å². The summed E-state index contributed by atoms with van der Waals surface area (Å²) in [7, 11) is 0. The highest BCUT2D eigenvalue weighted by Crippen LogP contribution is 2.24. The number of carbonyl (C=O) groups is 1. The molecule has 6 heteroatoms. The number of hydrogen-bond donors (Lipinski definition) is 2. The van der Waals surface area contributed by atoms with Gasteiger partial charge in [0.1, 0.15) is 5.82 Å². The van der Waals surface area contributed by atoms with Gasteiger partial charge in [-0.25, -0.2) is 4.98 Å². The molecule has 6 nitrogen and oxygen atoms in total. The molecular formula is C22H23N5O. The summed E-state index contributed by atoms with van der Waals surface area (Å²) in [6, 6.07) is 18.0. The van der Waals surface area contributed by atoms with Crippen LogP contribution in [0.2, 0.25) is 0 Å². The van der Waals surface area contributed by atoms with Crippen molar-refractivity contribution in [1.82, 2.24) is 9.97 Å². The van der Waals surface area contributed by atoms with Crippen molar-refractivity contribution in [2.24, 2.45) is 0 Å². The Balaban J connectivity index is 1.52. The van der Waals surface area contributed by atoms with Crippen molar-refractivity contribution in [3.05, 3.63) is 71.4 Å². The van der Waals surface area contributed by atoms with Crippen LogP contribution in [-0.2, 0) is 17.8 Å². The number of aryl methyl sites for hydroxylation is 1. The topological polar surface area (TPSA) is 70.2 Å². The lowest BCUT2D eigenvalue weighted by atomic mass is 10.0. The summed E-state index contributed by atoms with van der Waals surface area (Å²) in [6.07, 6.45) is 1.00. The second kappa shape index (κ2) is 7.68. The molecule has 0 bridgehead atoms. The molecule has 1 aliphatic rings. The van der Waals surface area contributed by atoms with Crippen molar-refractivity contribution in [3.8, 4) is 0 Å². The Kier molecular flexibility index (Phi) is 4.93. The highest BCUT2D eigenvalue weighted by Gasteiger charge is 2.18. The third kappa shape index (κ3) is 4.11. The average molecular weight is 373 g/mol. The van der Waals surface area contributed by atoms with Crippen LogP contribution in [0.25, 0.3) is 0 Å². The Morgan fingerprint density at radius 3 is 2.46 bits per heavy atom. The first-order valence-electron chi connectivity index (χ1n) is 9.39. The molecule has 2 aromatic carbocycles. The number of carbonyl (C=O) groups excluding carboxylic acids is 1.